The third-order valence-corrected chi connectivity index (χ3v) is 3.83. The fourth-order valence-electron chi connectivity index (χ4n) is 2.48. The highest BCUT2D eigenvalue weighted by Crippen LogP contribution is 2.09. The van der Waals surface area contributed by atoms with Crippen LogP contribution in [-0.2, 0) is 9.53 Å². The molecule has 1 heterocycles. The molecule has 0 aliphatic carbocycles. The SMILES string of the molecule is CC(C)CCCOCC(O)CNC(C)C(=O)N1CCCC1. The molecular weight excluding hydrogens is 268 g/mol. The van der Waals surface area contributed by atoms with Crippen molar-refractivity contribution >= 4 is 5.91 Å². The van der Waals surface area contributed by atoms with E-state index in [9.17, 15) is 9.90 Å². The molecule has 0 aromatic rings. The Morgan fingerprint density at radius 3 is 2.57 bits per heavy atom. The standard InChI is InChI=1S/C16H32N2O3/c1-13(2)7-6-10-21-12-15(19)11-17-14(3)16(20)18-8-4-5-9-18/h13-15,17,19H,4-12H2,1-3H3. The van der Waals surface area contributed by atoms with Crippen molar-refractivity contribution in [2.24, 2.45) is 5.92 Å². The van der Waals surface area contributed by atoms with Gasteiger partial charge in [0.2, 0.25) is 5.91 Å². The van der Waals surface area contributed by atoms with Crippen molar-refractivity contribution in [1.82, 2.24) is 10.2 Å². The number of rotatable bonds is 10. The molecule has 1 aliphatic heterocycles. The van der Waals surface area contributed by atoms with Crippen molar-refractivity contribution in [2.75, 3.05) is 32.8 Å². The van der Waals surface area contributed by atoms with Gasteiger partial charge in [0.25, 0.3) is 0 Å². The molecule has 0 radical (unpaired) electrons. The summed E-state index contributed by atoms with van der Waals surface area (Å²) in [6.45, 7) is 9.39. The Kier molecular flexibility index (Phi) is 8.88. The largest absolute Gasteiger partial charge is 0.389 e. The van der Waals surface area contributed by atoms with Gasteiger partial charge in [0.15, 0.2) is 0 Å². The summed E-state index contributed by atoms with van der Waals surface area (Å²) in [4.78, 5) is 14.0. The molecular formula is C16H32N2O3. The van der Waals surface area contributed by atoms with E-state index in [0.717, 1.165) is 38.8 Å². The van der Waals surface area contributed by atoms with Crippen LogP contribution in [0.25, 0.3) is 0 Å². The Balaban J connectivity index is 2.06. The molecule has 2 N–H and O–H groups in total. The predicted molar refractivity (Wildman–Crippen MR) is 84.2 cm³/mol. The van der Waals surface area contributed by atoms with Crippen molar-refractivity contribution < 1.29 is 14.6 Å². The molecule has 1 amide bonds. The lowest BCUT2D eigenvalue weighted by Gasteiger charge is -2.22. The molecule has 0 aromatic carbocycles. The Morgan fingerprint density at radius 1 is 1.29 bits per heavy atom. The first-order chi connectivity index (χ1) is 10.0. The van der Waals surface area contributed by atoms with Gasteiger partial charge in [-0.3, -0.25) is 4.79 Å². The van der Waals surface area contributed by atoms with Crippen LogP contribution < -0.4 is 5.32 Å². The van der Waals surface area contributed by atoms with Crippen LogP contribution in [0, 0.1) is 5.92 Å². The van der Waals surface area contributed by atoms with Crippen molar-refractivity contribution in [2.45, 2.75) is 58.6 Å². The van der Waals surface area contributed by atoms with Crippen LogP contribution in [-0.4, -0.2) is 60.9 Å². The summed E-state index contributed by atoms with van der Waals surface area (Å²) in [6.07, 6.45) is 3.83. The Labute approximate surface area is 129 Å². The molecule has 0 saturated carbocycles. The number of carbonyl (C=O) groups is 1. The van der Waals surface area contributed by atoms with E-state index in [1.807, 2.05) is 11.8 Å². The number of ether oxygens (including phenoxy) is 1. The number of likely N-dealkylation sites (tertiary alicyclic amines) is 1. The predicted octanol–water partition coefficient (Wildman–Crippen LogP) is 1.40. The first-order valence-corrected chi connectivity index (χ1v) is 8.28. The number of aliphatic hydroxyl groups excluding tert-OH is 1. The highest BCUT2D eigenvalue weighted by molar-refractivity contribution is 5.81. The minimum Gasteiger partial charge on any atom is -0.389 e. The molecule has 5 nitrogen and oxygen atoms in total. The first-order valence-electron chi connectivity index (χ1n) is 8.28. The third-order valence-electron chi connectivity index (χ3n) is 3.83. The average molecular weight is 300 g/mol. The zero-order valence-corrected chi connectivity index (χ0v) is 13.8. The molecule has 0 bridgehead atoms. The van der Waals surface area contributed by atoms with E-state index < -0.39 is 6.10 Å². The van der Waals surface area contributed by atoms with Crippen LogP contribution >= 0.6 is 0 Å². The number of hydrogen-bond donors (Lipinski definition) is 2. The van der Waals surface area contributed by atoms with Crippen LogP contribution in [0.1, 0.15) is 46.5 Å². The topological polar surface area (TPSA) is 61.8 Å². The molecule has 1 fully saturated rings. The number of amides is 1. The molecule has 1 rings (SSSR count). The van der Waals surface area contributed by atoms with Gasteiger partial charge in [-0.15, -0.1) is 0 Å². The van der Waals surface area contributed by atoms with Gasteiger partial charge in [0.05, 0.1) is 18.8 Å². The molecule has 21 heavy (non-hydrogen) atoms. The monoisotopic (exact) mass is 300 g/mol. The normalized spacial score (nSPS) is 18.2. The maximum Gasteiger partial charge on any atom is 0.239 e. The van der Waals surface area contributed by atoms with Gasteiger partial charge in [0.1, 0.15) is 0 Å². The van der Waals surface area contributed by atoms with Crippen molar-refractivity contribution in [3.05, 3.63) is 0 Å². The lowest BCUT2D eigenvalue weighted by Crippen LogP contribution is -2.46. The van der Waals surface area contributed by atoms with Gasteiger partial charge in [-0.2, -0.15) is 0 Å². The summed E-state index contributed by atoms with van der Waals surface area (Å²) in [7, 11) is 0. The number of hydrogen-bond acceptors (Lipinski definition) is 4. The third kappa shape index (κ3) is 7.79. The summed E-state index contributed by atoms with van der Waals surface area (Å²) >= 11 is 0. The molecule has 2 unspecified atom stereocenters. The van der Waals surface area contributed by atoms with Crippen LogP contribution in [0.15, 0.2) is 0 Å². The molecule has 124 valence electrons. The van der Waals surface area contributed by atoms with Gasteiger partial charge in [-0.25, -0.2) is 0 Å². The second-order valence-corrected chi connectivity index (χ2v) is 6.43. The molecule has 1 saturated heterocycles. The Morgan fingerprint density at radius 2 is 1.95 bits per heavy atom. The Bertz CT molecular complexity index is 291. The fourth-order valence-corrected chi connectivity index (χ4v) is 2.48. The van der Waals surface area contributed by atoms with Crippen molar-refractivity contribution in [3.63, 3.8) is 0 Å². The van der Waals surface area contributed by atoms with E-state index in [2.05, 4.69) is 19.2 Å². The molecule has 0 aromatic heterocycles. The van der Waals surface area contributed by atoms with Gasteiger partial charge < -0.3 is 20.1 Å². The molecule has 0 spiro atoms. The summed E-state index contributed by atoms with van der Waals surface area (Å²) < 4.78 is 5.45. The number of aliphatic hydroxyl groups is 1. The second-order valence-electron chi connectivity index (χ2n) is 6.43. The van der Waals surface area contributed by atoms with Gasteiger partial charge in [-0.05, 0) is 38.5 Å². The lowest BCUT2D eigenvalue weighted by molar-refractivity contribution is -0.132. The van der Waals surface area contributed by atoms with Crippen LogP contribution in [0.2, 0.25) is 0 Å². The molecule has 5 heteroatoms. The van der Waals surface area contributed by atoms with E-state index in [4.69, 9.17) is 4.74 Å². The summed E-state index contributed by atoms with van der Waals surface area (Å²) in [5.41, 5.74) is 0. The van der Waals surface area contributed by atoms with Crippen LogP contribution in [0.5, 0.6) is 0 Å². The number of nitrogens with zero attached hydrogens (tertiary/aromatic N) is 1. The smallest absolute Gasteiger partial charge is 0.239 e. The summed E-state index contributed by atoms with van der Waals surface area (Å²) in [5, 5.41) is 12.9. The highest BCUT2D eigenvalue weighted by Gasteiger charge is 2.23. The highest BCUT2D eigenvalue weighted by atomic mass is 16.5. The van der Waals surface area contributed by atoms with Crippen LogP contribution in [0.4, 0.5) is 0 Å². The van der Waals surface area contributed by atoms with E-state index in [-0.39, 0.29) is 11.9 Å². The van der Waals surface area contributed by atoms with Gasteiger partial charge in [-0.1, -0.05) is 13.8 Å². The summed E-state index contributed by atoms with van der Waals surface area (Å²) in [6, 6.07) is -0.237. The zero-order chi connectivity index (χ0) is 15.7. The summed E-state index contributed by atoms with van der Waals surface area (Å²) in [5.74, 6) is 0.829. The average Bonchev–Trinajstić information content (AvgIpc) is 2.97. The fraction of sp³-hybridized carbons (Fsp3) is 0.938. The molecule has 1 aliphatic rings. The number of carbonyl (C=O) groups excluding carboxylic acids is 1. The first kappa shape index (κ1) is 18.4. The van der Waals surface area contributed by atoms with Crippen molar-refractivity contribution in [3.8, 4) is 0 Å². The van der Waals surface area contributed by atoms with E-state index >= 15 is 0 Å². The minimum absolute atomic E-state index is 0.137. The van der Waals surface area contributed by atoms with Gasteiger partial charge in [0, 0.05) is 26.2 Å². The molecule has 2 atom stereocenters. The Hall–Kier alpha value is -0.650. The van der Waals surface area contributed by atoms with E-state index in [1.165, 1.54) is 0 Å². The lowest BCUT2D eigenvalue weighted by atomic mass is 10.1. The maximum absolute atomic E-state index is 12.1. The van der Waals surface area contributed by atoms with E-state index in [1.54, 1.807) is 0 Å². The minimum atomic E-state index is -0.558. The second kappa shape index (κ2) is 10.1. The number of nitrogens with one attached hydrogen (secondary N) is 1. The van der Waals surface area contributed by atoms with Crippen LogP contribution in [0.3, 0.4) is 0 Å². The quantitative estimate of drug-likeness (QED) is 0.599. The maximum atomic E-state index is 12.1. The zero-order valence-electron chi connectivity index (χ0n) is 13.8. The van der Waals surface area contributed by atoms with Crippen molar-refractivity contribution in [1.29, 1.82) is 0 Å². The van der Waals surface area contributed by atoms with Gasteiger partial charge >= 0.3 is 0 Å². The van der Waals surface area contributed by atoms with E-state index in [0.29, 0.717) is 25.7 Å².